The molecule has 1 aromatic carbocycles. The van der Waals surface area contributed by atoms with E-state index in [0.29, 0.717) is 30.2 Å². The van der Waals surface area contributed by atoms with Crippen LogP contribution >= 0.6 is 11.3 Å². The Balaban J connectivity index is 1.24. The molecule has 4 heterocycles. The summed E-state index contributed by atoms with van der Waals surface area (Å²) in [4.78, 5) is 18.7. The second kappa shape index (κ2) is 9.66. The number of ether oxygens (including phenoxy) is 1. The van der Waals surface area contributed by atoms with Gasteiger partial charge in [-0.2, -0.15) is 5.26 Å². The van der Waals surface area contributed by atoms with Gasteiger partial charge < -0.3 is 10.1 Å². The van der Waals surface area contributed by atoms with Gasteiger partial charge >= 0.3 is 5.00 Å². The molecule has 9 heteroatoms. The molecule has 2 aliphatic heterocycles. The lowest BCUT2D eigenvalue weighted by Gasteiger charge is -2.39. The number of hydrogen-bond donors (Lipinski definition) is 1. The molecule has 2 bridgehead atoms. The van der Waals surface area contributed by atoms with Crippen molar-refractivity contribution in [2.24, 2.45) is 0 Å². The van der Waals surface area contributed by atoms with Crippen molar-refractivity contribution in [3.8, 4) is 11.8 Å². The van der Waals surface area contributed by atoms with Gasteiger partial charge in [0.15, 0.2) is 0 Å². The summed E-state index contributed by atoms with van der Waals surface area (Å²) in [5, 5.41) is 25.4. The van der Waals surface area contributed by atoms with E-state index in [0.717, 1.165) is 52.9 Å². The van der Waals surface area contributed by atoms with Crippen LogP contribution < -0.4 is 10.1 Å². The van der Waals surface area contributed by atoms with Gasteiger partial charge in [0.1, 0.15) is 11.8 Å². The van der Waals surface area contributed by atoms with E-state index in [1.165, 1.54) is 24.2 Å². The molecule has 34 heavy (non-hydrogen) atoms. The van der Waals surface area contributed by atoms with E-state index in [-0.39, 0.29) is 9.92 Å². The predicted molar refractivity (Wildman–Crippen MR) is 131 cm³/mol. The Morgan fingerprint density at radius 1 is 1.29 bits per heavy atom. The Hall–Kier alpha value is -3.06. The lowest BCUT2D eigenvalue weighted by Crippen LogP contribution is -2.49. The van der Waals surface area contributed by atoms with Crippen LogP contribution in [0.15, 0.2) is 36.5 Å². The number of benzene rings is 1. The van der Waals surface area contributed by atoms with E-state index >= 15 is 0 Å². The van der Waals surface area contributed by atoms with Crippen molar-refractivity contribution in [3.63, 3.8) is 0 Å². The molecule has 3 atom stereocenters. The van der Waals surface area contributed by atoms with Crippen molar-refractivity contribution >= 4 is 27.2 Å². The molecule has 2 aliphatic rings. The van der Waals surface area contributed by atoms with Gasteiger partial charge in [-0.25, -0.2) is 0 Å². The van der Waals surface area contributed by atoms with Crippen LogP contribution in [-0.2, 0) is 13.0 Å². The molecule has 8 nitrogen and oxygen atoms in total. The number of pyridine rings is 1. The Labute approximate surface area is 202 Å². The fourth-order valence-electron chi connectivity index (χ4n) is 5.57. The van der Waals surface area contributed by atoms with E-state index in [4.69, 9.17) is 4.74 Å². The summed E-state index contributed by atoms with van der Waals surface area (Å²) >= 11 is 1.25. The van der Waals surface area contributed by atoms with E-state index in [1.807, 2.05) is 24.3 Å². The van der Waals surface area contributed by atoms with Gasteiger partial charge in [0.25, 0.3) is 0 Å². The lowest BCUT2D eigenvalue weighted by atomic mass is 9.95. The quantitative estimate of drug-likeness (QED) is 0.378. The van der Waals surface area contributed by atoms with Gasteiger partial charge in [-0.1, -0.05) is 11.3 Å². The van der Waals surface area contributed by atoms with E-state index in [1.54, 1.807) is 19.4 Å². The highest BCUT2D eigenvalue weighted by molar-refractivity contribution is 7.15. The van der Waals surface area contributed by atoms with Crippen LogP contribution in [0.4, 0.5) is 5.00 Å². The number of aromatic nitrogens is 1. The third-order valence-electron chi connectivity index (χ3n) is 7.20. The molecule has 2 saturated heterocycles. The van der Waals surface area contributed by atoms with Gasteiger partial charge in [0, 0.05) is 53.7 Å². The minimum absolute atomic E-state index is 0.199. The van der Waals surface area contributed by atoms with Crippen LogP contribution in [-0.4, -0.2) is 46.6 Å². The molecule has 176 valence electrons. The van der Waals surface area contributed by atoms with Crippen molar-refractivity contribution in [1.82, 2.24) is 15.2 Å². The first-order chi connectivity index (χ1) is 16.6. The van der Waals surface area contributed by atoms with Crippen LogP contribution in [0.2, 0.25) is 0 Å². The summed E-state index contributed by atoms with van der Waals surface area (Å²) in [5.41, 5.74) is 2.56. The monoisotopic (exact) mass is 477 g/mol. The Bertz CT molecular complexity index is 1240. The first kappa shape index (κ1) is 22.7. The molecule has 2 aromatic heterocycles. The zero-order valence-corrected chi connectivity index (χ0v) is 19.9. The zero-order valence-electron chi connectivity index (χ0n) is 19.1. The third kappa shape index (κ3) is 4.49. The molecule has 5 rings (SSSR count). The second-order valence-corrected chi connectivity index (χ2v) is 10.2. The molecule has 2 unspecified atom stereocenters. The number of rotatable bonds is 8. The minimum Gasteiger partial charge on any atom is -0.497 e. The third-order valence-corrected chi connectivity index (χ3v) is 8.24. The van der Waals surface area contributed by atoms with E-state index < -0.39 is 0 Å². The molecule has 2 fully saturated rings. The van der Waals surface area contributed by atoms with Crippen molar-refractivity contribution in [3.05, 3.63) is 62.6 Å². The highest BCUT2D eigenvalue weighted by Gasteiger charge is 2.40. The van der Waals surface area contributed by atoms with Crippen LogP contribution in [0.5, 0.6) is 5.75 Å². The van der Waals surface area contributed by atoms with Crippen molar-refractivity contribution in [2.45, 2.75) is 56.8 Å². The Morgan fingerprint density at radius 2 is 2.09 bits per heavy atom. The molecule has 0 spiro atoms. The molecule has 1 N–H and O–H groups in total. The summed E-state index contributed by atoms with van der Waals surface area (Å²) in [6.07, 6.45) is 7.05. The molecular weight excluding hydrogens is 450 g/mol. The highest BCUT2D eigenvalue weighted by Crippen LogP contribution is 2.37. The van der Waals surface area contributed by atoms with Gasteiger partial charge in [-0.05, 0) is 61.9 Å². The number of methoxy groups -OCH3 is 1. The normalized spacial score (nSPS) is 22.1. The van der Waals surface area contributed by atoms with Crippen LogP contribution in [0, 0.1) is 21.4 Å². The molecule has 0 aliphatic carbocycles. The first-order valence-electron chi connectivity index (χ1n) is 11.6. The number of fused-ring (bicyclic) bond motifs is 3. The maximum absolute atomic E-state index is 10.9. The van der Waals surface area contributed by atoms with E-state index in [9.17, 15) is 15.4 Å². The largest absolute Gasteiger partial charge is 0.497 e. The number of thiophene rings is 1. The SMILES string of the molecule is COc1ccc2ncc(C#N)c(CCN3C4CC[C@@H]3CC(NCc3ccc([N+](=O)[O-])s3)C4)c2c1. The molecule has 3 aromatic rings. The van der Waals surface area contributed by atoms with E-state index in [2.05, 4.69) is 21.3 Å². The zero-order chi connectivity index (χ0) is 23.7. The van der Waals surface area contributed by atoms with Gasteiger partial charge in [0.2, 0.25) is 0 Å². The number of piperidine rings is 1. The minimum atomic E-state index is -0.327. The van der Waals surface area contributed by atoms with Gasteiger partial charge in [0.05, 0.1) is 23.1 Å². The number of nitro groups is 1. The number of hydrogen-bond acceptors (Lipinski definition) is 8. The predicted octanol–water partition coefficient (Wildman–Crippen LogP) is 4.41. The second-order valence-electron chi connectivity index (χ2n) is 9.06. The molecule has 0 amide bonds. The van der Waals surface area contributed by atoms with Crippen LogP contribution in [0.3, 0.4) is 0 Å². The summed E-state index contributed by atoms with van der Waals surface area (Å²) in [6.45, 7) is 1.60. The standard InChI is InChI=1S/C25H27N5O3S/c1-33-20-4-6-24-23(12-20)22(16(13-26)14-28-24)8-9-29-18-2-3-19(29)11-17(10-18)27-15-21-5-7-25(34-21)30(31)32/h4-7,12,14,17-19,27H,2-3,8-11,15H2,1H3/t17?,18-,19?/m1/s1. The Kier molecular flexibility index (Phi) is 6.46. The van der Waals surface area contributed by atoms with Crippen molar-refractivity contribution in [2.75, 3.05) is 13.7 Å². The smallest absolute Gasteiger partial charge is 0.324 e. The summed E-state index contributed by atoms with van der Waals surface area (Å²) in [7, 11) is 1.65. The van der Waals surface area contributed by atoms with Crippen molar-refractivity contribution in [1.29, 1.82) is 5.26 Å². The summed E-state index contributed by atoms with van der Waals surface area (Å²) in [5.74, 6) is 0.772. The number of nitrogens with one attached hydrogen (secondary N) is 1. The Morgan fingerprint density at radius 3 is 2.76 bits per heavy atom. The van der Waals surface area contributed by atoms with Crippen molar-refractivity contribution < 1.29 is 9.66 Å². The summed E-state index contributed by atoms with van der Waals surface area (Å²) in [6, 6.07) is 13.1. The van der Waals surface area contributed by atoms with Gasteiger partial charge in [-0.3, -0.25) is 20.0 Å². The number of nitriles is 1. The van der Waals surface area contributed by atoms with Crippen LogP contribution in [0.25, 0.3) is 10.9 Å². The first-order valence-corrected chi connectivity index (χ1v) is 12.5. The molecular formula is C25H27N5O3S. The maximum Gasteiger partial charge on any atom is 0.324 e. The fourth-order valence-corrected chi connectivity index (χ4v) is 6.34. The summed E-state index contributed by atoms with van der Waals surface area (Å²) < 4.78 is 5.41. The van der Waals surface area contributed by atoms with Crippen LogP contribution in [0.1, 0.15) is 41.7 Å². The van der Waals surface area contributed by atoms with Gasteiger partial charge in [-0.15, -0.1) is 0 Å². The average molecular weight is 478 g/mol. The highest BCUT2D eigenvalue weighted by atomic mass is 32.1. The fraction of sp³-hybridized carbons (Fsp3) is 0.440. The average Bonchev–Trinajstić information content (AvgIpc) is 3.42. The maximum atomic E-state index is 10.9. The number of nitrogens with zero attached hydrogens (tertiary/aromatic N) is 4. The lowest BCUT2D eigenvalue weighted by molar-refractivity contribution is -0.380. The molecule has 0 saturated carbocycles. The topological polar surface area (TPSA) is 104 Å². The molecule has 0 radical (unpaired) electrons.